The maximum absolute atomic E-state index is 13.6. The summed E-state index contributed by atoms with van der Waals surface area (Å²) in [5, 5.41) is 5.17. The van der Waals surface area contributed by atoms with Gasteiger partial charge in [0.1, 0.15) is 11.6 Å². The van der Waals surface area contributed by atoms with E-state index in [9.17, 15) is 22.4 Å². The van der Waals surface area contributed by atoms with E-state index in [0.29, 0.717) is 46.5 Å². The number of carbonyl (C=O) groups is 1. The highest BCUT2D eigenvalue weighted by Crippen LogP contribution is 2.32. The van der Waals surface area contributed by atoms with E-state index >= 15 is 0 Å². The molecule has 36 heavy (non-hydrogen) atoms. The SMILES string of the molecule is CNc1nccc(-c2cccnc2Oc2ccc(CC(=O)Nc3cc(F)cc(C(F)(F)F)c3)cc2)n1. The van der Waals surface area contributed by atoms with Crippen molar-refractivity contribution in [3.63, 3.8) is 0 Å². The van der Waals surface area contributed by atoms with Gasteiger partial charge in [0.15, 0.2) is 0 Å². The molecule has 0 spiro atoms. The monoisotopic (exact) mass is 497 g/mol. The predicted molar refractivity (Wildman–Crippen MR) is 125 cm³/mol. The molecule has 0 atom stereocenters. The van der Waals surface area contributed by atoms with Crippen molar-refractivity contribution in [3.8, 4) is 22.9 Å². The summed E-state index contributed by atoms with van der Waals surface area (Å²) in [5.74, 6) is -0.492. The number of alkyl halides is 3. The van der Waals surface area contributed by atoms with E-state index < -0.39 is 23.5 Å². The van der Waals surface area contributed by atoms with Crippen LogP contribution in [0.15, 0.2) is 73.1 Å². The molecule has 2 aromatic heterocycles. The van der Waals surface area contributed by atoms with Gasteiger partial charge in [-0.3, -0.25) is 4.79 Å². The average molecular weight is 497 g/mol. The summed E-state index contributed by atoms with van der Waals surface area (Å²) in [6.07, 6.45) is -1.68. The van der Waals surface area contributed by atoms with Crippen LogP contribution in [0.4, 0.5) is 29.2 Å². The molecule has 2 aromatic carbocycles. The third-order valence-electron chi connectivity index (χ3n) is 4.94. The van der Waals surface area contributed by atoms with Crippen LogP contribution in [0.2, 0.25) is 0 Å². The molecule has 1 amide bonds. The number of ether oxygens (including phenoxy) is 1. The summed E-state index contributed by atoms with van der Waals surface area (Å²) in [4.78, 5) is 25.1. The zero-order valence-corrected chi connectivity index (χ0v) is 18.8. The number of anilines is 2. The van der Waals surface area contributed by atoms with E-state index in [1.54, 1.807) is 61.9 Å². The number of hydrogen-bond acceptors (Lipinski definition) is 6. The Hall–Kier alpha value is -4.54. The fourth-order valence-electron chi connectivity index (χ4n) is 3.30. The van der Waals surface area contributed by atoms with Crippen LogP contribution in [0.3, 0.4) is 0 Å². The summed E-state index contributed by atoms with van der Waals surface area (Å²) in [7, 11) is 1.71. The lowest BCUT2D eigenvalue weighted by molar-refractivity contribution is -0.137. The molecule has 0 aliphatic heterocycles. The van der Waals surface area contributed by atoms with Gasteiger partial charge in [0.2, 0.25) is 17.7 Å². The summed E-state index contributed by atoms with van der Waals surface area (Å²) in [6, 6.07) is 13.7. The molecule has 11 heteroatoms. The summed E-state index contributed by atoms with van der Waals surface area (Å²) in [6.45, 7) is 0. The van der Waals surface area contributed by atoms with Gasteiger partial charge in [-0.25, -0.2) is 19.3 Å². The van der Waals surface area contributed by atoms with Crippen LogP contribution in [0.1, 0.15) is 11.1 Å². The maximum atomic E-state index is 13.6. The minimum atomic E-state index is -4.73. The second kappa shape index (κ2) is 10.4. The number of halogens is 4. The molecule has 2 N–H and O–H groups in total. The number of pyridine rings is 1. The highest BCUT2D eigenvalue weighted by atomic mass is 19.4. The van der Waals surface area contributed by atoms with Crippen molar-refractivity contribution in [2.75, 3.05) is 17.7 Å². The standard InChI is InChI=1S/C25H19F4N5O2/c1-30-24-32-10-8-21(34-24)20-3-2-9-31-23(20)36-19-6-4-15(5-7-19)11-22(35)33-18-13-16(25(27,28)29)12-17(26)14-18/h2-10,12-14H,11H2,1H3,(H,33,35)(H,30,32,34). The molecule has 0 saturated heterocycles. The van der Waals surface area contributed by atoms with Gasteiger partial charge in [0.05, 0.1) is 23.2 Å². The number of aromatic nitrogens is 3. The molecular weight excluding hydrogens is 478 g/mol. The number of carbonyl (C=O) groups excluding carboxylic acids is 1. The van der Waals surface area contributed by atoms with Crippen LogP contribution < -0.4 is 15.4 Å². The molecular formula is C25H19F4N5O2. The van der Waals surface area contributed by atoms with E-state index in [-0.39, 0.29) is 12.1 Å². The Kier molecular flexibility index (Phi) is 7.09. The van der Waals surface area contributed by atoms with Crippen LogP contribution in [0, 0.1) is 5.82 Å². The highest BCUT2D eigenvalue weighted by molar-refractivity contribution is 5.92. The van der Waals surface area contributed by atoms with Crippen molar-refractivity contribution in [1.82, 2.24) is 15.0 Å². The van der Waals surface area contributed by atoms with Crippen molar-refractivity contribution < 1.29 is 27.1 Å². The molecule has 0 aliphatic carbocycles. The summed E-state index contributed by atoms with van der Waals surface area (Å²) in [5.41, 5.74) is 0.367. The molecule has 0 unspecified atom stereocenters. The Morgan fingerprint density at radius 2 is 1.78 bits per heavy atom. The number of nitrogens with one attached hydrogen (secondary N) is 2. The third kappa shape index (κ3) is 6.12. The average Bonchev–Trinajstić information content (AvgIpc) is 2.84. The van der Waals surface area contributed by atoms with Gasteiger partial charge in [-0.1, -0.05) is 12.1 Å². The van der Waals surface area contributed by atoms with Crippen molar-refractivity contribution >= 4 is 17.5 Å². The normalized spacial score (nSPS) is 11.1. The quantitative estimate of drug-likeness (QED) is 0.318. The van der Waals surface area contributed by atoms with E-state index in [4.69, 9.17) is 4.74 Å². The topological polar surface area (TPSA) is 89.0 Å². The zero-order chi connectivity index (χ0) is 25.7. The smallest absolute Gasteiger partial charge is 0.416 e. The van der Waals surface area contributed by atoms with Crippen LogP contribution in [0.25, 0.3) is 11.3 Å². The number of amides is 1. The van der Waals surface area contributed by atoms with Gasteiger partial charge in [0, 0.05) is 25.1 Å². The first-order valence-corrected chi connectivity index (χ1v) is 10.6. The first kappa shape index (κ1) is 24.6. The summed E-state index contributed by atoms with van der Waals surface area (Å²) < 4.78 is 58.1. The van der Waals surface area contributed by atoms with Crippen molar-refractivity contribution in [2.45, 2.75) is 12.6 Å². The third-order valence-corrected chi connectivity index (χ3v) is 4.94. The Morgan fingerprint density at radius 1 is 1.00 bits per heavy atom. The summed E-state index contributed by atoms with van der Waals surface area (Å²) >= 11 is 0. The van der Waals surface area contributed by atoms with Gasteiger partial charge in [-0.2, -0.15) is 13.2 Å². The van der Waals surface area contributed by atoms with Crippen molar-refractivity contribution in [3.05, 3.63) is 90.0 Å². The number of benzene rings is 2. The van der Waals surface area contributed by atoms with Crippen molar-refractivity contribution in [1.29, 1.82) is 0 Å². The predicted octanol–water partition coefficient (Wildman–Crippen LogP) is 5.71. The largest absolute Gasteiger partial charge is 0.438 e. The molecule has 0 bridgehead atoms. The van der Waals surface area contributed by atoms with Crippen LogP contribution >= 0.6 is 0 Å². The van der Waals surface area contributed by atoms with E-state index in [1.807, 2.05) is 0 Å². The Balaban J connectivity index is 1.44. The Morgan fingerprint density at radius 3 is 2.50 bits per heavy atom. The molecule has 0 fully saturated rings. The van der Waals surface area contributed by atoms with E-state index in [1.165, 1.54) is 0 Å². The van der Waals surface area contributed by atoms with Gasteiger partial charge in [-0.15, -0.1) is 0 Å². The second-order valence-corrected chi connectivity index (χ2v) is 7.57. The number of rotatable bonds is 7. The van der Waals surface area contributed by atoms with E-state index in [0.717, 1.165) is 6.07 Å². The first-order chi connectivity index (χ1) is 17.2. The molecule has 4 aromatic rings. The minimum absolute atomic E-state index is 0.138. The highest BCUT2D eigenvalue weighted by Gasteiger charge is 2.31. The lowest BCUT2D eigenvalue weighted by Gasteiger charge is -2.11. The number of nitrogens with zero attached hydrogens (tertiary/aromatic N) is 3. The fraction of sp³-hybridized carbons (Fsp3) is 0.120. The lowest BCUT2D eigenvalue weighted by atomic mass is 10.1. The first-order valence-electron chi connectivity index (χ1n) is 10.6. The molecule has 2 heterocycles. The molecule has 0 radical (unpaired) electrons. The maximum Gasteiger partial charge on any atom is 0.416 e. The molecule has 0 aliphatic rings. The van der Waals surface area contributed by atoms with Gasteiger partial charge < -0.3 is 15.4 Å². The van der Waals surface area contributed by atoms with E-state index in [2.05, 4.69) is 25.6 Å². The Labute approximate surface area is 203 Å². The fourth-order valence-corrected chi connectivity index (χ4v) is 3.30. The zero-order valence-electron chi connectivity index (χ0n) is 18.8. The van der Waals surface area contributed by atoms with Crippen LogP contribution in [-0.2, 0) is 17.4 Å². The van der Waals surface area contributed by atoms with Crippen LogP contribution in [0.5, 0.6) is 11.6 Å². The lowest BCUT2D eigenvalue weighted by Crippen LogP contribution is -2.15. The molecule has 4 rings (SSSR count). The molecule has 184 valence electrons. The Bertz CT molecular complexity index is 1380. The van der Waals surface area contributed by atoms with Crippen LogP contribution in [-0.4, -0.2) is 27.9 Å². The number of hydrogen-bond donors (Lipinski definition) is 2. The molecule has 7 nitrogen and oxygen atoms in total. The molecule has 0 saturated carbocycles. The minimum Gasteiger partial charge on any atom is -0.438 e. The second-order valence-electron chi connectivity index (χ2n) is 7.57. The van der Waals surface area contributed by atoms with Gasteiger partial charge in [-0.05, 0) is 54.1 Å². The van der Waals surface area contributed by atoms with Crippen molar-refractivity contribution in [2.24, 2.45) is 0 Å². The van der Waals surface area contributed by atoms with Gasteiger partial charge in [0.25, 0.3) is 0 Å². The van der Waals surface area contributed by atoms with Gasteiger partial charge >= 0.3 is 6.18 Å².